The van der Waals surface area contributed by atoms with E-state index in [1.54, 1.807) is 60.7 Å². The fourth-order valence-corrected chi connectivity index (χ4v) is 2.15. The Balaban J connectivity index is 1.94. The first-order valence-corrected chi connectivity index (χ1v) is 7.25. The SMILES string of the molecule is N#Cc1ccccc1Oc1ccccc1Oc1ccccc1C#N. The molecule has 0 atom stereocenters. The van der Waals surface area contributed by atoms with Gasteiger partial charge in [0.25, 0.3) is 0 Å². The molecular formula is C20H12N2O2. The molecule has 0 heterocycles. The van der Waals surface area contributed by atoms with Crippen molar-refractivity contribution in [3.05, 3.63) is 83.9 Å². The lowest BCUT2D eigenvalue weighted by atomic mass is 10.2. The third-order valence-corrected chi connectivity index (χ3v) is 3.30. The van der Waals surface area contributed by atoms with Crippen LogP contribution in [0.25, 0.3) is 0 Å². The number of para-hydroxylation sites is 4. The van der Waals surface area contributed by atoms with Crippen LogP contribution in [0.4, 0.5) is 0 Å². The molecule has 0 fully saturated rings. The van der Waals surface area contributed by atoms with Gasteiger partial charge in [0.1, 0.15) is 23.6 Å². The van der Waals surface area contributed by atoms with Crippen molar-refractivity contribution in [1.82, 2.24) is 0 Å². The Kier molecular flexibility index (Phi) is 4.42. The Morgan fingerprint density at radius 1 is 0.500 bits per heavy atom. The Hall–Kier alpha value is -3.76. The van der Waals surface area contributed by atoms with E-state index >= 15 is 0 Å². The molecular weight excluding hydrogens is 300 g/mol. The van der Waals surface area contributed by atoms with Crippen LogP contribution < -0.4 is 9.47 Å². The van der Waals surface area contributed by atoms with Crippen molar-refractivity contribution < 1.29 is 9.47 Å². The summed E-state index contributed by atoms with van der Waals surface area (Å²) in [5, 5.41) is 18.3. The molecule has 0 bridgehead atoms. The molecule has 0 saturated heterocycles. The highest BCUT2D eigenvalue weighted by atomic mass is 16.5. The molecule has 24 heavy (non-hydrogen) atoms. The maximum Gasteiger partial charge on any atom is 0.170 e. The van der Waals surface area contributed by atoms with E-state index in [9.17, 15) is 10.5 Å². The first kappa shape index (κ1) is 15.1. The third-order valence-electron chi connectivity index (χ3n) is 3.30. The van der Waals surface area contributed by atoms with E-state index in [-0.39, 0.29) is 0 Å². The predicted octanol–water partition coefficient (Wildman–Crippen LogP) is 5.01. The molecule has 3 rings (SSSR count). The zero-order chi connectivity index (χ0) is 16.8. The van der Waals surface area contributed by atoms with Crippen molar-refractivity contribution in [1.29, 1.82) is 10.5 Å². The van der Waals surface area contributed by atoms with E-state index in [1.807, 2.05) is 12.1 Å². The normalized spacial score (nSPS) is 9.58. The second-order valence-electron chi connectivity index (χ2n) is 4.87. The van der Waals surface area contributed by atoms with Crippen LogP contribution in [-0.2, 0) is 0 Å². The van der Waals surface area contributed by atoms with Crippen LogP contribution in [0.2, 0.25) is 0 Å². The van der Waals surface area contributed by atoms with E-state index in [0.29, 0.717) is 34.1 Å². The Labute approximate surface area is 139 Å². The second-order valence-corrected chi connectivity index (χ2v) is 4.87. The summed E-state index contributed by atoms with van der Waals surface area (Å²) in [6.07, 6.45) is 0. The summed E-state index contributed by atoms with van der Waals surface area (Å²) in [5.41, 5.74) is 0.870. The monoisotopic (exact) mass is 312 g/mol. The number of hydrogen-bond acceptors (Lipinski definition) is 4. The van der Waals surface area contributed by atoms with Gasteiger partial charge in [-0.3, -0.25) is 0 Å². The molecule has 0 aliphatic carbocycles. The summed E-state index contributed by atoms with van der Waals surface area (Å²) in [7, 11) is 0. The largest absolute Gasteiger partial charge is 0.452 e. The molecule has 0 aliphatic heterocycles. The van der Waals surface area contributed by atoms with Crippen molar-refractivity contribution in [2.75, 3.05) is 0 Å². The number of benzene rings is 3. The van der Waals surface area contributed by atoms with Crippen LogP contribution in [0, 0.1) is 22.7 Å². The van der Waals surface area contributed by atoms with Crippen LogP contribution in [0.3, 0.4) is 0 Å². The van der Waals surface area contributed by atoms with Gasteiger partial charge in [-0.15, -0.1) is 0 Å². The summed E-state index contributed by atoms with van der Waals surface area (Å²) in [6.45, 7) is 0. The lowest BCUT2D eigenvalue weighted by molar-refractivity contribution is 0.417. The zero-order valence-corrected chi connectivity index (χ0v) is 12.6. The van der Waals surface area contributed by atoms with Gasteiger partial charge in [0.05, 0.1) is 11.1 Å². The molecule has 0 radical (unpaired) electrons. The minimum atomic E-state index is 0.435. The van der Waals surface area contributed by atoms with Crippen LogP contribution in [0.15, 0.2) is 72.8 Å². The van der Waals surface area contributed by atoms with Crippen molar-refractivity contribution in [2.24, 2.45) is 0 Å². The first-order valence-electron chi connectivity index (χ1n) is 7.25. The molecule has 3 aromatic rings. The molecule has 4 nitrogen and oxygen atoms in total. The Morgan fingerprint density at radius 3 is 1.21 bits per heavy atom. The van der Waals surface area contributed by atoms with Crippen molar-refractivity contribution >= 4 is 0 Å². The highest BCUT2D eigenvalue weighted by Gasteiger charge is 2.11. The van der Waals surface area contributed by atoms with Crippen LogP contribution in [0.5, 0.6) is 23.0 Å². The minimum Gasteiger partial charge on any atom is -0.452 e. The zero-order valence-electron chi connectivity index (χ0n) is 12.6. The summed E-state index contributed by atoms with van der Waals surface area (Å²) >= 11 is 0. The van der Waals surface area contributed by atoms with Crippen molar-refractivity contribution in [3.8, 4) is 35.1 Å². The van der Waals surface area contributed by atoms with Gasteiger partial charge in [-0.1, -0.05) is 36.4 Å². The number of ether oxygens (including phenoxy) is 2. The van der Waals surface area contributed by atoms with E-state index in [1.165, 1.54) is 0 Å². The molecule has 0 N–H and O–H groups in total. The number of hydrogen-bond donors (Lipinski definition) is 0. The molecule has 114 valence electrons. The fourth-order valence-electron chi connectivity index (χ4n) is 2.15. The van der Waals surface area contributed by atoms with E-state index in [0.717, 1.165) is 0 Å². The Bertz CT molecular complexity index is 874. The first-order chi connectivity index (χ1) is 11.8. The summed E-state index contributed by atoms with van der Waals surface area (Å²) in [6, 6.07) is 25.3. The van der Waals surface area contributed by atoms with Crippen molar-refractivity contribution in [3.63, 3.8) is 0 Å². The Morgan fingerprint density at radius 2 is 0.833 bits per heavy atom. The van der Waals surface area contributed by atoms with E-state index < -0.39 is 0 Å². The topological polar surface area (TPSA) is 66.0 Å². The van der Waals surface area contributed by atoms with Crippen molar-refractivity contribution in [2.45, 2.75) is 0 Å². The average Bonchev–Trinajstić information content (AvgIpc) is 2.64. The van der Waals surface area contributed by atoms with Gasteiger partial charge in [-0.2, -0.15) is 10.5 Å². The molecule has 3 aromatic carbocycles. The maximum atomic E-state index is 9.17. The van der Waals surface area contributed by atoms with Gasteiger partial charge < -0.3 is 9.47 Å². The smallest absolute Gasteiger partial charge is 0.170 e. The van der Waals surface area contributed by atoms with E-state index in [2.05, 4.69) is 12.1 Å². The van der Waals surface area contributed by atoms with E-state index in [4.69, 9.17) is 9.47 Å². The highest BCUT2D eigenvalue weighted by Crippen LogP contribution is 2.36. The molecule has 0 amide bonds. The number of nitriles is 2. The van der Waals surface area contributed by atoms with Crippen LogP contribution >= 0.6 is 0 Å². The molecule has 0 saturated carbocycles. The van der Waals surface area contributed by atoms with Crippen LogP contribution in [-0.4, -0.2) is 0 Å². The summed E-state index contributed by atoms with van der Waals surface area (Å²) in [4.78, 5) is 0. The number of rotatable bonds is 4. The highest BCUT2D eigenvalue weighted by molar-refractivity contribution is 5.51. The maximum absolute atomic E-state index is 9.17. The van der Waals surface area contributed by atoms with Gasteiger partial charge in [-0.25, -0.2) is 0 Å². The van der Waals surface area contributed by atoms with Gasteiger partial charge in [0.2, 0.25) is 0 Å². The lowest BCUT2D eigenvalue weighted by Gasteiger charge is -2.13. The summed E-state index contributed by atoms with van der Waals surface area (Å²) in [5.74, 6) is 1.83. The van der Waals surface area contributed by atoms with Gasteiger partial charge in [0, 0.05) is 0 Å². The molecule has 0 aliphatic rings. The molecule has 0 spiro atoms. The fraction of sp³-hybridized carbons (Fsp3) is 0. The summed E-state index contributed by atoms with van der Waals surface area (Å²) < 4.78 is 11.7. The van der Waals surface area contributed by atoms with Gasteiger partial charge in [0.15, 0.2) is 11.5 Å². The third kappa shape index (κ3) is 3.19. The average molecular weight is 312 g/mol. The predicted molar refractivity (Wildman–Crippen MR) is 88.9 cm³/mol. The second kappa shape index (κ2) is 7.00. The minimum absolute atomic E-state index is 0.435. The number of nitrogens with zero attached hydrogens (tertiary/aromatic N) is 2. The van der Waals surface area contributed by atoms with Gasteiger partial charge >= 0.3 is 0 Å². The van der Waals surface area contributed by atoms with Gasteiger partial charge in [-0.05, 0) is 36.4 Å². The van der Waals surface area contributed by atoms with Crippen LogP contribution in [0.1, 0.15) is 11.1 Å². The molecule has 4 heteroatoms. The standard InChI is InChI=1S/C20H12N2O2/c21-13-15-7-1-3-9-17(15)23-19-11-5-6-12-20(19)24-18-10-4-2-8-16(18)14-22/h1-12H. The lowest BCUT2D eigenvalue weighted by Crippen LogP contribution is -1.93. The quantitative estimate of drug-likeness (QED) is 0.679. The molecule has 0 aromatic heterocycles. The molecule has 0 unspecified atom stereocenters.